The largest absolute Gasteiger partial charge is 0.425 e. The zero-order chi connectivity index (χ0) is 8.97. The molecule has 4 nitrogen and oxygen atoms in total. The summed E-state index contributed by atoms with van der Waals surface area (Å²) in [7, 11) is 0. The maximum Gasteiger partial charge on any atom is 0.217 e. The van der Waals surface area contributed by atoms with Crippen molar-refractivity contribution >= 4 is 0 Å². The summed E-state index contributed by atoms with van der Waals surface area (Å²) in [6.07, 6.45) is 1.52. The Hall–Kier alpha value is -0.900. The second-order valence-electron chi connectivity index (χ2n) is 3.23. The molecule has 1 aromatic heterocycles. The van der Waals surface area contributed by atoms with Crippen molar-refractivity contribution < 1.29 is 4.42 Å². The molecule has 12 heavy (non-hydrogen) atoms. The van der Waals surface area contributed by atoms with Crippen LogP contribution < -0.4 is 5.73 Å². The highest BCUT2D eigenvalue weighted by Gasteiger charge is 2.06. The van der Waals surface area contributed by atoms with Gasteiger partial charge in [-0.15, -0.1) is 10.2 Å². The second kappa shape index (κ2) is 4.21. The molecule has 0 aliphatic rings. The van der Waals surface area contributed by atoms with Crippen molar-refractivity contribution in [2.24, 2.45) is 11.7 Å². The van der Waals surface area contributed by atoms with Crippen LogP contribution >= 0.6 is 0 Å². The molecule has 0 fully saturated rings. The Morgan fingerprint density at radius 3 is 2.58 bits per heavy atom. The van der Waals surface area contributed by atoms with Crippen LogP contribution in [0.1, 0.15) is 25.6 Å². The summed E-state index contributed by atoms with van der Waals surface area (Å²) >= 11 is 0. The highest BCUT2D eigenvalue weighted by molar-refractivity contribution is 4.83. The summed E-state index contributed by atoms with van der Waals surface area (Å²) < 4.78 is 5.33. The van der Waals surface area contributed by atoms with E-state index in [-0.39, 0.29) is 0 Å². The van der Waals surface area contributed by atoms with Crippen molar-refractivity contribution in [3.8, 4) is 0 Å². The zero-order valence-electron chi connectivity index (χ0n) is 7.58. The minimum atomic E-state index is 0.552. The van der Waals surface area contributed by atoms with E-state index in [0.29, 0.717) is 30.7 Å². The summed E-state index contributed by atoms with van der Waals surface area (Å²) in [6.45, 7) is 4.79. The molecule has 0 atom stereocenters. The normalized spacial score (nSPS) is 11.0. The fourth-order valence-electron chi connectivity index (χ4n) is 0.945. The molecule has 0 bridgehead atoms. The Balaban J connectivity index is 2.52. The molecule has 0 unspecified atom stereocenters. The van der Waals surface area contributed by atoms with Gasteiger partial charge >= 0.3 is 0 Å². The lowest BCUT2D eigenvalue weighted by molar-refractivity contribution is 0.426. The van der Waals surface area contributed by atoms with Gasteiger partial charge in [-0.3, -0.25) is 0 Å². The SMILES string of the molecule is CC(C)Cc1nnc(CCN)o1. The number of nitrogens with zero attached hydrogens (tertiary/aromatic N) is 2. The number of rotatable bonds is 4. The van der Waals surface area contributed by atoms with Gasteiger partial charge < -0.3 is 10.2 Å². The summed E-state index contributed by atoms with van der Waals surface area (Å²) in [5, 5.41) is 7.77. The van der Waals surface area contributed by atoms with Crippen molar-refractivity contribution in [1.82, 2.24) is 10.2 Å². The molecule has 68 valence electrons. The molecule has 1 heterocycles. The number of nitrogens with two attached hydrogens (primary N) is 1. The van der Waals surface area contributed by atoms with Crippen LogP contribution in [0.25, 0.3) is 0 Å². The van der Waals surface area contributed by atoms with E-state index < -0.39 is 0 Å². The van der Waals surface area contributed by atoms with Crippen LogP contribution in [0, 0.1) is 5.92 Å². The minimum absolute atomic E-state index is 0.552. The maximum absolute atomic E-state index is 5.34. The Morgan fingerprint density at radius 2 is 2.00 bits per heavy atom. The monoisotopic (exact) mass is 169 g/mol. The van der Waals surface area contributed by atoms with Crippen LogP contribution in [0.4, 0.5) is 0 Å². The smallest absolute Gasteiger partial charge is 0.217 e. The average molecular weight is 169 g/mol. The van der Waals surface area contributed by atoms with E-state index in [1.165, 1.54) is 0 Å². The van der Waals surface area contributed by atoms with E-state index >= 15 is 0 Å². The number of aromatic nitrogens is 2. The predicted octanol–water partition coefficient (Wildman–Crippen LogP) is 0.769. The third-order valence-electron chi connectivity index (χ3n) is 1.45. The van der Waals surface area contributed by atoms with Crippen LogP contribution in [0.5, 0.6) is 0 Å². The van der Waals surface area contributed by atoms with E-state index in [2.05, 4.69) is 24.0 Å². The molecule has 4 heteroatoms. The molecule has 0 aliphatic carbocycles. The van der Waals surface area contributed by atoms with Gasteiger partial charge in [0.1, 0.15) is 0 Å². The molecule has 2 N–H and O–H groups in total. The van der Waals surface area contributed by atoms with E-state index in [4.69, 9.17) is 10.2 Å². The van der Waals surface area contributed by atoms with E-state index in [9.17, 15) is 0 Å². The highest BCUT2D eigenvalue weighted by atomic mass is 16.4. The second-order valence-corrected chi connectivity index (χ2v) is 3.23. The molecule has 0 aromatic carbocycles. The average Bonchev–Trinajstić information content (AvgIpc) is 2.36. The molecule has 0 aliphatic heterocycles. The van der Waals surface area contributed by atoms with E-state index in [1.54, 1.807) is 0 Å². The highest BCUT2D eigenvalue weighted by Crippen LogP contribution is 2.06. The lowest BCUT2D eigenvalue weighted by Gasteiger charge is -1.96. The topological polar surface area (TPSA) is 64.9 Å². The van der Waals surface area contributed by atoms with Gasteiger partial charge in [-0.2, -0.15) is 0 Å². The minimum Gasteiger partial charge on any atom is -0.425 e. The molecule has 1 aromatic rings. The quantitative estimate of drug-likeness (QED) is 0.723. The van der Waals surface area contributed by atoms with Crippen molar-refractivity contribution in [2.45, 2.75) is 26.7 Å². The Kier molecular flexibility index (Phi) is 3.22. The Bertz CT molecular complexity index is 232. The van der Waals surface area contributed by atoms with Gasteiger partial charge in [0.05, 0.1) is 0 Å². The van der Waals surface area contributed by atoms with Gasteiger partial charge in [0, 0.05) is 19.4 Å². The van der Waals surface area contributed by atoms with Crippen LogP contribution in [0.2, 0.25) is 0 Å². The lowest BCUT2D eigenvalue weighted by atomic mass is 10.1. The third-order valence-corrected chi connectivity index (χ3v) is 1.45. The van der Waals surface area contributed by atoms with Crippen LogP contribution in [-0.2, 0) is 12.8 Å². The molecule has 0 spiro atoms. The van der Waals surface area contributed by atoms with Crippen molar-refractivity contribution in [1.29, 1.82) is 0 Å². The molecular weight excluding hydrogens is 154 g/mol. The van der Waals surface area contributed by atoms with Crippen molar-refractivity contribution in [3.05, 3.63) is 11.8 Å². The van der Waals surface area contributed by atoms with Gasteiger partial charge in [0.15, 0.2) is 0 Å². The first-order valence-corrected chi connectivity index (χ1v) is 4.23. The van der Waals surface area contributed by atoms with Crippen LogP contribution in [0.15, 0.2) is 4.42 Å². The molecule has 1 rings (SSSR count). The van der Waals surface area contributed by atoms with Gasteiger partial charge in [-0.1, -0.05) is 13.8 Å². The van der Waals surface area contributed by atoms with Gasteiger partial charge in [0.25, 0.3) is 0 Å². The van der Waals surface area contributed by atoms with Crippen LogP contribution in [-0.4, -0.2) is 16.7 Å². The number of hydrogen-bond donors (Lipinski definition) is 1. The first-order chi connectivity index (χ1) is 5.72. The first-order valence-electron chi connectivity index (χ1n) is 4.23. The molecule has 0 saturated heterocycles. The predicted molar refractivity (Wildman–Crippen MR) is 45.6 cm³/mol. The Labute approximate surface area is 72.2 Å². The fourth-order valence-corrected chi connectivity index (χ4v) is 0.945. The van der Waals surface area contributed by atoms with Gasteiger partial charge in [-0.05, 0) is 5.92 Å². The number of hydrogen-bond acceptors (Lipinski definition) is 4. The van der Waals surface area contributed by atoms with E-state index in [1.807, 2.05) is 0 Å². The Morgan fingerprint density at radius 1 is 1.33 bits per heavy atom. The standard InChI is InChI=1S/C8H15N3O/c1-6(2)5-8-11-10-7(12-8)3-4-9/h6H,3-5,9H2,1-2H3. The van der Waals surface area contributed by atoms with Crippen molar-refractivity contribution in [2.75, 3.05) is 6.54 Å². The molecule has 0 radical (unpaired) electrons. The summed E-state index contributed by atoms with van der Waals surface area (Å²) in [5.41, 5.74) is 5.34. The van der Waals surface area contributed by atoms with Gasteiger partial charge in [-0.25, -0.2) is 0 Å². The molecule has 0 amide bonds. The van der Waals surface area contributed by atoms with Crippen LogP contribution in [0.3, 0.4) is 0 Å². The van der Waals surface area contributed by atoms with Gasteiger partial charge in [0.2, 0.25) is 11.8 Å². The zero-order valence-corrected chi connectivity index (χ0v) is 7.58. The lowest BCUT2D eigenvalue weighted by Crippen LogP contribution is -2.02. The van der Waals surface area contributed by atoms with Crippen molar-refractivity contribution in [3.63, 3.8) is 0 Å². The summed E-state index contributed by atoms with van der Waals surface area (Å²) in [5.74, 6) is 1.91. The third kappa shape index (κ3) is 2.62. The maximum atomic E-state index is 5.34. The van der Waals surface area contributed by atoms with E-state index in [0.717, 1.165) is 6.42 Å². The summed E-state index contributed by atoms with van der Waals surface area (Å²) in [4.78, 5) is 0. The summed E-state index contributed by atoms with van der Waals surface area (Å²) in [6, 6.07) is 0. The fraction of sp³-hybridized carbons (Fsp3) is 0.750. The molecular formula is C8H15N3O. The molecule has 0 saturated carbocycles. The first kappa shape index (κ1) is 9.19.